The molecule has 0 aromatic heterocycles. The molecular weight excluding hydrogens is 226 g/mol. The number of piperidine rings is 1. The van der Waals surface area contributed by atoms with Gasteiger partial charge in [0.15, 0.2) is 0 Å². The number of methoxy groups -OCH3 is 1. The average molecular weight is 243 g/mol. The number of amides is 1. The summed E-state index contributed by atoms with van der Waals surface area (Å²) in [4.78, 5) is 35.3. The first-order chi connectivity index (χ1) is 7.97. The van der Waals surface area contributed by atoms with Gasteiger partial charge in [-0.2, -0.15) is 0 Å². The van der Waals surface area contributed by atoms with Gasteiger partial charge in [-0.1, -0.05) is 0 Å². The summed E-state index contributed by atoms with van der Waals surface area (Å²) in [5, 5.41) is 8.77. The van der Waals surface area contributed by atoms with Crippen LogP contribution < -0.4 is 0 Å². The van der Waals surface area contributed by atoms with E-state index in [1.54, 1.807) is 0 Å². The Morgan fingerprint density at radius 2 is 2.06 bits per heavy atom. The largest absolute Gasteiger partial charge is 0.481 e. The van der Waals surface area contributed by atoms with Gasteiger partial charge in [-0.15, -0.1) is 0 Å². The van der Waals surface area contributed by atoms with E-state index in [0.29, 0.717) is 19.4 Å². The smallest absolute Gasteiger partial charge is 0.315 e. The molecule has 2 atom stereocenters. The number of esters is 1. The maximum Gasteiger partial charge on any atom is 0.315 e. The zero-order valence-corrected chi connectivity index (χ0v) is 10.0. The van der Waals surface area contributed by atoms with Gasteiger partial charge in [0, 0.05) is 13.1 Å². The summed E-state index contributed by atoms with van der Waals surface area (Å²) in [7, 11) is 1.31. The molecule has 17 heavy (non-hydrogen) atoms. The maximum atomic E-state index is 11.8. The third-order valence-electron chi connectivity index (χ3n) is 3.01. The summed E-state index contributed by atoms with van der Waals surface area (Å²) in [6.07, 6.45) is 1.37. The van der Waals surface area contributed by atoms with Gasteiger partial charge in [0.05, 0.1) is 13.0 Å². The predicted octanol–water partition coefficient (Wildman–Crippen LogP) is 0.119. The number of carboxylic acids is 1. The van der Waals surface area contributed by atoms with Gasteiger partial charge in [-0.25, -0.2) is 0 Å². The van der Waals surface area contributed by atoms with Crippen LogP contribution in [0.15, 0.2) is 0 Å². The van der Waals surface area contributed by atoms with E-state index >= 15 is 0 Å². The number of carbonyl (C=O) groups is 3. The van der Waals surface area contributed by atoms with E-state index in [0.717, 1.165) is 0 Å². The third-order valence-corrected chi connectivity index (χ3v) is 3.01. The lowest BCUT2D eigenvalue weighted by Crippen LogP contribution is -2.46. The Bertz CT molecular complexity index is 328. The van der Waals surface area contributed by atoms with Gasteiger partial charge in [0.1, 0.15) is 5.92 Å². The summed E-state index contributed by atoms with van der Waals surface area (Å²) < 4.78 is 4.63. The predicted molar refractivity (Wildman–Crippen MR) is 58.1 cm³/mol. The van der Waals surface area contributed by atoms with Crippen molar-refractivity contribution < 1.29 is 24.2 Å². The van der Waals surface area contributed by atoms with Crippen LogP contribution in [-0.4, -0.2) is 48.1 Å². The van der Waals surface area contributed by atoms with Crippen LogP contribution in [0.25, 0.3) is 0 Å². The number of aliphatic carboxylic acids is 1. The lowest BCUT2D eigenvalue weighted by molar-refractivity contribution is -0.153. The molecule has 0 aliphatic carbocycles. The van der Waals surface area contributed by atoms with Crippen molar-refractivity contribution in [2.24, 2.45) is 11.8 Å². The standard InChI is InChI=1S/C11H17NO5/c1-7(10(14)15)9(13)12-5-3-4-8(6-12)11(16)17-2/h7-8H,3-6H2,1-2H3,(H,14,15)/t7?,8-/m0/s1. The lowest BCUT2D eigenvalue weighted by atomic mass is 9.97. The highest BCUT2D eigenvalue weighted by Gasteiger charge is 2.32. The van der Waals surface area contributed by atoms with Crippen LogP contribution in [0.4, 0.5) is 0 Å². The van der Waals surface area contributed by atoms with E-state index < -0.39 is 17.8 Å². The second kappa shape index (κ2) is 5.65. The molecule has 1 aliphatic heterocycles. The van der Waals surface area contributed by atoms with Gasteiger partial charge in [0.25, 0.3) is 0 Å². The minimum atomic E-state index is -1.14. The number of rotatable bonds is 3. The summed E-state index contributed by atoms with van der Waals surface area (Å²) in [6.45, 7) is 2.11. The first-order valence-electron chi connectivity index (χ1n) is 5.56. The Balaban J connectivity index is 2.63. The summed E-state index contributed by atoms with van der Waals surface area (Å²) in [5.74, 6) is -3.32. The molecule has 0 saturated carbocycles. The molecule has 0 aromatic rings. The lowest BCUT2D eigenvalue weighted by Gasteiger charge is -2.32. The molecule has 0 aromatic carbocycles. The minimum absolute atomic E-state index is 0.253. The van der Waals surface area contributed by atoms with Gasteiger partial charge < -0.3 is 14.7 Å². The molecule has 0 radical (unpaired) electrons. The van der Waals surface area contributed by atoms with Crippen LogP contribution >= 0.6 is 0 Å². The zero-order valence-electron chi connectivity index (χ0n) is 10.0. The molecule has 0 bridgehead atoms. The second-order valence-electron chi connectivity index (χ2n) is 4.21. The van der Waals surface area contributed by atoms with Gasteiger partial charge >= 0.3 is 11.9 Å². The number of hydrogen-bond acceptors (Lipinski definition) is 4. The Morgan fingerprint density at radius 3 is 2.59 bits per heavy atom. The van der Waals surface area contributed by atoms with Crippen molar-refractivity contribution in [2.75, 3.05) is 20.2 Å². The van der Waals surface area contributed by atoms with E-state index in [1.807, 2.05) is 0 Å². The highest BCUT2D eigenvalue weighted by Crippen LogP contribution is 2.19. The van der Waals surface area contributed by atoms with E-state index in [9.17, 15) is 14.4 Å². The molecular formula is C11H17NO5. The van der Waals surface area contributed by atoms with Crippen LogP contribution in [0.2, 0.25) is 0 Å². The van der Waals surface area contributed by atoms with Gasteiger partial charge in [-0.3, -0.25) is 14.4 Å². The molecule has 0 spiro atoms. The number of carboxylic acid groups (broad SMARTS) is 1. The fourth-order valence-electron chi connectivity index (χ4n) is 1.92. The van der Waals surface area contributed by atoms with Crippen LogP contribution in [0.1, 0.15) is 19.8 Å². The van der Waals surface area contributed by atoms with Crippen LogP contribution in [0, 0.1) is 11.8 Å². The van der Waals surface area contributed by atoms with E-state index in [2.05, 4.69) is 4.74 Å². The molecule has 1 rings (SSSR count). The summed E-state index contributed by atoms with van der Waals surface area (Å²) in [6, 6.07) is 0. The first kappa shape index (κ1) is 13.5. The van der Waals surface area contributed by atoms with E-state index in [1.165, 1.54) is 18.9 Å². The van der Waals surface area contributed by atoms with Crippen LogP contribution in [-0.2, 0) is 19.1 Å². The van der Waals surface area contributed by atoms with Gasteiger partial charge in [-0.05, 0) is 19.8 Å². The van der Waals surface area contributed by atoms with E-state index in [4.69, 9.17) is 5.11 Å². The third kappa shape index (κ3) is 3.18. The molecule has 1 unspecified atom stereocenters. The number of hydrogen-bond donors (Lipinski definition) is 1. The number of carbonyl (C=O) groups excluding carboxylic acids is 2. The summed E-state index contributed by atoms with van der Waals surface area (Å²) >= 11 is 0. The van der Waals surface area contributed by atoms with Crippen molar-refractivity contribution in [2.45, 2.75) is 19.8 Å². The van der Waals surface area contributed by atoms with Crippen LogP contribution in [0.3, 0.4) is 0 Å². The van der Waals surface area contributed by atoms with Gasteiger partial charge in [0.2, 0.25) is 5.91 Å². The molecule has 1 heterocycles. The van der Waals surface area contributed by atoms with Crippen molar-refractivity contribution in [3.63, 3.8) is 0 Å². The average Bonchev–Trinajstić information content (AvgIpc) is 2.36. The van der Waals surface area contributed by atoms with Crippen molar-refractivity contribution in [1.29, 1.82) is 0 Å². The highest BCUT2D eigenvalue weighted by molar-refractivity contribution is 5.96. The quantitative estimate of drug-likeness (QED) is 0.562. The number of ether oxygens (including phenoxy) is 1. The topological polar surface area (TPSA) is 83.9 Å². The molecule has 1 N–H and O–H groups in total. The Kier molecular flexibility index (Phi) is 4.48. The normalized spacial score (nSPS) is 21.8. The monoisotopic (exact) mass is 243 g/mol. The SMILES string of the molecule is COC(=O)[C@H]1CCCN(C(=O)C(C)C(=O)O)C1. The fourth-order valence-corrected chi connectivity index (χ4v) is 1.92. The molecule has 1 amide bonds. The highest BCUT2D eigenvalue weighted by atomic mass is 16.5. The van der Waals surface area contributed by atoms with E-state index in [-0.39, 0.29) is 18.4 Å². The first-order valence-corrected chi connectivity index (χ1v) is 5.56. The summed E-state index contributed by atoms with van der Waals surface area (Å²) in [5.41, 5.74) is 0. The van der Waals surface area contributed by atoms with Crippen molar-refractivity contribution in [3.05, 3.63) is 0 Å². The zero-order chi connectivity index (χ0) is 13.0. The molecule has 1 aliphatic rings. The number of nitrogens with zero attached hydrogens (tertiary/aromatic N) is 1. The van der Waals surface area contributed by atoms with Crippen molar-refractivity contribution >= 4 is 17.8 Å². The minimum Gasteiger partial charge on any atom is -0.481 e. The fraction of sp³-hybridized carbons (Fsp3) is 0.727. The van der Waals surface area contributed by atoms with Crippen LogP contribution in [0.5, 0.6) is 0 Å². The maximum absolute atomic E-state index is 11.8. The number of likely N-dealkylation sites (tertiary alicyclic amines) is 1. The molecule has 6 heteroatoms. The molecule has 1 saturated heterocycles. The second-order valence-corrected chi connectivity index (χ2v) is 4.21. The molecule has 1 fully saturated rings. The Hall–Kier alpha value is -1.59. The molecule has 96 valence electrons. The van der Waals surface area contributed by atoms with Crippen molar-refractivity contribution in [3.8, 4) is 0 Å². The Labute approximate surface area is 99.5 Å². The van der Waals surface area contributed by atoms with Crippen molar-refractivity contribution in [1.82, 2.24) is 4.90 Å². The Morgan fingerprint density at radius 1 is 1.41 bits per heavy atom. The molecule has 6 nitrogen and oxygen atoms in total.